The number of hydrogen-bond acceptors (Lipinski definition) is 4. The van der Waals surface area contributed by atoms with E-state index in [1.165, 1.54) is 0 Å². The van der Waals surface area contributed by atoms with Gasteiger partial charge in [0.1, 0.15) is 5.70 Å². The van der Waals surface area contributed by atoms with Crippen LogP contribution in [-0.4, -0.2) is 35.6 Å². The molecule has 6 nitrogen and oxygen atoms in total. The lowest BCUT2D eigenvalue weighted by Gasteiger charge is -2.26. The topological polar surface area (TPSA) is 87.8 Å². The summed E-state index contributed by atoms with van der Waals surface area (Å²) in [5.74, 6) is -0.679. The van der Waals surface area contributed by atoms with Crippen LogP contribution in [-0.2, 0) is 4.79 Å². The minimum Gasteiger partial charge on any atom is -0.394 e. The first-order valence-electron chi connectivity index (χ1n) is 10.1. The lowest BCUT2D eigenvalue weighted by atomic mass is 10.0. The summed E-state index contributed by atoms with van der Waals surface area (Å²) in [6.07, 6.45) is 2.91. The third-order valence-corrected chi connectivity index (χ3v) is 5.92. The minimum atomic E-state index is -0.679. The quantitative estimate of drug-likeness (QED) is 0.421. The van der Waals surface area contributed by atoms with Gasteiger partial charge in [-0.05, 0) is 56.5 Å². The van der Waals surface area contributed by atoms with Crippen molar-refractivity contribution in [3.05, 3.63) is 74.4 Å². The Kier molecular flexibility index (Phi) is 8.18. The van der Waals surface area contributed by atoms with Crippen LogP contribution in [0.3, 0.4) is 0 Å². The van der Waals surface area contributed by atoms with Gasteiger partial charge in [-0.2, -0.15) is 0 Å². The first-order chi connectivity index (χ1) is 15.3. The third-order valence-electron chi connectivity index (χ3n) is 5.13. The van der Waals surface area contributed by atoms with E-state index in [-0.39, 0.29) is 5.70 Å². The molecule has 3 N–H and O–H groups in total. The second kappa shape index (κ2) is 10.9. The van der Waals surface area contributed by atoms with Gasteiger partial charge in [0.05, 0.1) is 16.4 Å². The van der Waals surface area contributed by atoms with Crippen molar-refractivity contribution in [1.29, 1.82) is 0 Å². The number of carbonyl (C=O) groups excluding carboxylic acids is 2. The molecule has 1 aliphatic heterocycles. The monoisotopic (exact) mass is 492 g/mol. The maximum atomic E-state index is 12.7. The molecular formula is C23H23Cl3N4O2. The van der Waals surface area contributed by atoms with Crippen LogP contribution in [0.15, 0.2) is 58.7 Å². The van der Waals surface area contributed by atoms with Crippen molar-refractivity contribution in [2.45, 2.75) is 26.2 Å². The molecule has 1 saturated heterocycles. The number of halogens is 3. The number of nitrogens with two attached hydrogens (primary N) is 1. The predicted molar refractivity (Wildman–Crippen MR) is 130 cm³/mol. The highest BCUT2D eigenvalue weighted by atomic mass is 35.5. The number of aliphatic imine (C=N–C) groups is 1. The molecule has 0 saturated carbocycles. The van der Waals surface area contributed by atoms with Gasteiger partial charge in [0, 0.05) is 34.3 Å². The number of rotatable bonds is 4. The Bertz CT molecular complexity index is 1080. The van der Waals surface area contributed by atoms with E-state index in [0.717, 1.165) is 19.3 Å². The van der Waals surface area contributed by atoms with Crippen molar-refractivity contribution >= 4 is 58.1 Å². The Morgan fingerprint density at radius 3 is 2.22 bits per heavy atom. The Morgan fingerprint density at radius 2 is 1.59 bits per heavy atom. The molecule has 1 heterocycles. The lowest BCUT2D eigenvalue weighted by molar-refractivity contribution is -0.116. The summed E-state index contributed by atoms with van der Waals surface area (Å²) >= 11 is 18.3. The van der Waals surface area contributed by atoms with Gasteiger partial charge < -0.3 is 10.6 Å². The number of allylic oxidation sites excluding steroid dienone is 1. The van der Waals surface area contributed by atoms with Gasteiger partial charge in [0.25, 0.3) is 5.91 Å². The number of urea groups is 1. The van der Waals surface area contributed by atoms with Gasteiger partial charge in [-0.3, -0.25) is 10.1 Å². The van der Waals surface area contributed by atoms with Crippen molar-refractivity contribution < 1.29 is 9.59 Å². The summed E-state index contributed by atoms with van der Waals surface area (Å²) in [4.78, 5) is 31.4. The lowest BCUT2D eigenvalue weighted by Crippen LogP contribution is -2.46. The van der Waals surface area contributed by atoms with Crippen LogP contribution in [0.5, 0.6) is 0 Å². The van der Waals surface area contributed by atoms with E-state index >= 15 is 0 Å². The molecule has 0 radical (unpaired) electrons. The molecule has 0 aliphatic carbocycles. The molecule has 2 aromatic carbocycles. The summed E-state index contributed by atoms with van der Waals surface area (Å²) in [6, 6.07) is 11.4. The Morgan fingerprint density at radius 1 is 0.969 bits per heavy atom. The predicted octanol–water partition coefficient (Wildman–Crippen LogP) is 5.72. The highest BCUT2D eigenvalue weighted by Gasteiger charge is 2.22. The molecule has 3 amide bonds. The third kappa shape index (κ3) is 6.03. The Hall–Kier alpha value is -2.54. The standard InChI is InChI=1S/C23H23Cl3N4O2/c1-14(20(27)22(31)29-23(32)30-11-3-2-4-12-30)21(15-5-7-16(24)8-6-15)28-19-10-9-17(25)13-18(19)26/h5-10,13H,2-4,11-12,27H2,1H3,(H,29,31,32). The maximum Gasteiger partial charge on any atom is 0.324 e. The minimum absolute atomic E-state index is 0.117. The number of nitrogens with zero attached hydrogens (tertiary/aromatic N) is 2. The molecular weight excluding hydrogens is 471 g/mol. The summed E-state index contributed by atoms with van der Waals surface area (Å²) in [5.41, 5.74) is 7.99. The van der Waals surface area contributed by atoms with Crippen LogP contribution in [0.25, 0.3) is 0 Å². The second-order valence-electron chi connectivity index (χ2n) is 7.41. The summed E-state index contributed by atoms with van der Waals surface area (Å²) in [7, 11) is 0. The molecule has 0 bridgehead atoms. The van der Waals surface area contributed by atoms with Crippen molar-refractivity contribution in [2.75, 3.05) is 13.1 Å². The van der Waals surface area contributed by atoms with Gasteiger partial charge in [0.15, 0.2) is 0 Å². The number of carbonyl (C=O) groups is 2. The van der Waals surface area contributed by atoms with Crippen LogP contribution in [0.4, 0.5) is 10.5 Å². The van der Waals surface area contributed by atoms with E-state index in [9.17, 15) is 9.59 Å². The molecule has 0 unspecified atom stereocenters. The molecule has 0 atom stereocenters. The van der Waals surface area contributed by atoms with Gasteiger partial charge in [-0.25, -0.2) is 9.79 Å². The number of hydrogen-bond donors (Lipinski definition) is 2. The summed E-state index contributed by atoms with van der Waals surface area (Å²) in [5, 5.41) is 3.75. The average Bonchev–Trinajstić information content (AvgIpc) is 2.79. The largest absolute Gasteiger partial charge is 0.394 e. The molecule has 32 heavy (non-hydrogen) atoms. The smallest absolute Gasteiger partial charge is 0.324 e. The van der Waals surface area contributed by atoms with E-state index in [4.69, 9.17) is 40.5 Å². The second-order valence-corrected chi connectivity index (χ2v) is 8.69. The van der Waals surface area contributed by atoms with Crippen molar-refractivity contribution in [3.8, 4) is 0 Å². The van der Waals surface area contributed by atoms with E-state index in [1.54, 1.807) is 54.3 Å². The normalized spacial score (nSPS) is 15.2. The van der Waals surface area contributed by atoms with Gasteiger partial charge >= 0.3 is 6.03 Å². The highest BCUT2D eigenvalue weighted by molar-refractivity contribution is 6.36. The van der Waals surface area contributed by atoms with Crippen LogP contribution in [0.1, 0.15) is 31.7 Å². The first kappa shape index (κ1) is 24.1. The molecule has 168 valence electrons. The zero-order chi connectivity index (χ0) is 23.3. The van der Waals surface area contributed by atoms with E-state index < -0.39 is 11.9 Å². The summed E-state index contributed by atoms with van der Waals surface area (Å²) < 4.78 is 0. The van der Waals surface area contributed by atoms with Crippen molar-refractivity contribution in [1.82, 2.24) is 10.2 Å². The Labute approximate surface area is 202 Å². The number of amides is 3. The van der Waals surface area contributed by atoms with Gasteiger partial charge in [0.2, 0.25) is 0 Å². The average molecular weight is 494 g/mol. The summed E-state index contributed by atoms with van der Waals surface area (Å²) in [6.45, 7) is 2.90. The van der Waals surface area contributed by atoms with Crippen LogP contribution in [0.2, 0.25) is 15.1 Å². The molecule has 2 aromatic rings. The fourth-order valence-electron chi connectivity index (χ4n) is 3.30. The number of nitrogens with one attached hydrogen (secondary N) is 1. The molecule has 3 rings (SSSR count). The van der Waals surface area contributed by atoms with E-state index in [1.807, 2.05) is 0 Å². The molecule has 0 aromatic heterocycles. The first-order valence-corrected chi connectivity index (χ1v) is 11.3. The van der Waals surface area contributed by atoms with Crippen LogP contribution >= 0.6 is 34.8 Å². The van der Waals surface area contributed by atoms with Gasteiger partial charge in [-0.15, -0.1) is 0 Å². The Balaban J connectivity index is 1.96. The maximum absolute atomic E-state index is 12.7. The van der Waals surface area contributed by atoms with Gasteiger partial charge in [-0.1, -0.05) is 46.9 Å². The number of likely N-dealkylation sites (tertiary alicyclic amines) is 1. The number of benzene rings is 2. The molecule has 9 heteroatoms. The zero-order valence-corrected chi connectivity index (χ0v) is 19.8. The number of imide groups is 1. The van der Waals surface area contributed by atoms with E-state index in [2.05, 4.69) is 10.3 Å². The number of piperidine rings is 1. The molecule has 1 aliphatic rings. The van der Waals surface area contributed by atoms with E-state index in [0.29, 0.717) is 50.7 Å². The SMILES string of the molecule is CC(C(=Nc1ccc(Cl)cc1Cl)c1ccc(Cl)cc1)=C(N)C(=O)NC(=O)N1CCCCC1. The van der Waals surface area contributed by atoms with Crippen molar-refractivity contribution in [3.63, 3.8) is 0 Å². The fraction of sp³-hybridized carbons (Fsp3) is 0.261. The highest BCUT2D eigenvalue weighted by Crippen LogP contribution is 2.30. The fourth-order valence-corrected chi connectivity index (χ4v) is 3.88. The van der Waals surface area contributed by atoms with Crippen LogP contribution in [0, 0.1) is 0 Å². The molecule has 0 spiro atoms. The van der Waals surface area contributed by atoms with Crippen molar-refractivity contribution in [2.24, 2.45) is 10.7 Å². The van der Waals surface area contributed by atoms with Crippen LogP contribution < -0.4 is 11.1 Å². The zero-order valence-electron chi connectivity index (χ0n) is 17.5. The molecule has 1 fully saturated rings.